The lowest BCUT2D eigenvalue weighted by Gasteiger charge is -2.44. The van der Waals surface area contributed by atoms with E-state index < -0.39 is 17.3 Å². The topological polar surface area (TPSA) is 141 Å². The molecule has 0 saturated carbocycles. The molecule has 2 aliphatic rings. The minimum absolute atomic E-state index is 0.0127. The smallest absolute Gasteiger partial charge is 0.410 e. The van der Waals surface area contributed by atoms with Crippen molar-refractivity contribution < 1.29 is 51.9 Å². The lowest BCUT2D eigenvalue weighted by Crippen LogP contribution is -2.53. The summed E-state index contributed by atoms with van der Waals surface area (Å²) in [6, 6.07) is 8.11. The quantitative estimate of drug-likeness (QED) is 0.175. The van der Waals surface area contributed by atoms with Gasteiger partial charge in [0.25, 0.3) is 0 Å². The van der Waals surface area contributed by atoms with E-state index >= 15 is 0 Å². The van der Waals surface area contributed by atoms with Crippen molar-refractivity contribution in [1.82, 2.24) is 4.90 Å². The van der Waals surface area contributed by atoms with E-state index in [1.807, 2.05) is 20.8 Å². The zero-order chi connectivity index (χ0) is 34.3. The van der Waals surface area contributed by atoms with Crippen molar-refractivity contribution in [1.29, 1.82) is 0 Å². The van der Waals surface area contributed by atoms with Gasteiger partial charge in [-0.1, -0.05) is 0 Å². The summed E-state index contributed by atoms with van der Waals surface area (Å²) >= 11 is 0. The number of carbonyl (C=O) groups excluding carboxylic acids is 2. The average molecular weight is 670 g/mol. The van der Waals surface area contributed by atoms with Crippen LogP contribution in [0.4, 0.5) is 4.79 Å². The van der Waals surface area contributed by atoms with E-state index in [2.05, 4.69) is 0 Å². The maximum atomic E-state index is 13.8. The van der Waals surface area contributed by atoms with Crippen LogP contribution in [-0.4, -0.2) is 95.3 Å². The van der Waals surface area contributed by atoms with Crippen molar-refractivity contribution >= 4 is 22.8 Å². The predicted octanol–water partition coefficient (Wildman–Crippen LogP) is 5.19. The summed E-state index contributed by atoms with van der Waals surface area (Å²) in [7, 11) is 3.15. The largest absolute Gasteiger partial charge is 0.486 e. The Morgan fingerprint density at radius 1 is 0.875 bits per heavy atom. The van der Waals surface area contributed by atoms with Gasteiger partial charge >= 0.3 is 6.09 Å². The fourth-order valence-electron chi connectivity index (χ4n) is 5.55. The number of rotatable bonds is 13. The number of piperidine rings is 1. The third-order valence-electron chi connectivity index (χ3n) is 8.02. The Balaban J connectivity index is 1.41. The standard InChI is InChI=1S/C35H43NO12/c1-34(2,3)48-33(39)36-10-8-35(9-11-36)19-28(37)26-17-25(30(18-31(26)47-35)46-22-43-15-13-41-5)27-20-44-29-16-23(6-7-24(29)32(27)38)45-21-42-14-12-40-4/h6-7,16-18,20H,8-15,19,21-22H2,1-5H3. The van der Waals surface area contributed by atoms with Gasteiger partial charge in [0, 0.05) is 57.8 Å². The summed E-state index contributed by atoms with van der Waals surface area (Å²) in [5.41, 5.74) is -0.503. The van der Waals surface area contributed by atoms with E-state index in [1.54, 1.807) is 49.5 Å². The number of amides is 1. The molecule has 1 fully saturated rings. The van der Waals surface area contributed by atoms with Crippen molar-refractivity contribution in [3.8, 4) is 28.4 Å². The Labute approximate surface area is 278 Å². The first-order valence-electron chi connectivity index (χ1n) is 15.9. The maximum absolute atomic E-state index is 13.8. The number of hydrogen-bond acceptors (Lipinski definition) is 12. The average Bonchev–Trinajstić information content (AvgIpc) is 3.04. The molecule has 1 saturated heterocycles. The highest BCUT2D eigenvalue weighted by Crippen LogP contribution is 2.44. The van der Waals surface area contributed by atoms with Gasteiger partial charge in [0.2, 0.25) is 5.43 Å². The molecule has 0 atom stereocenters. The second-order valence-corrected chi connectivity index (χ2v) is 12.7. The van der Waals surface area contributed by atoms with Crippen LogP contribution in [0, 0.1) is 0 Å². The van der Waals surface area contributed by atoms with Crippen molar-refractivity contribution in [3.05, 3.63) is 52.4 Å². The van der Waals surface area contributed by atoms with Crippen molar-refractivity contribution in [2.75, 3.05) is 67.3 Å². The van der Waals surface area contributed by atoms with Gasteiger partial charge in [-0.2, -0.15) is 0 Å². The summed E-state index contributed by atoms with van der Waals surface area (Å²) in [5.74, 6) is 0.954. The molecule has 13 nitrogen and oxygen atoms in total. The minimum Gasteiger partial charge on any atom is -0.486 e. The summed E-state index contributed by atoms with van der Waals surface area (Å²) in [4.78, 5) is 41.8. The van der Waals surface area contributed by atoms with Crippen LogP contribution < -0.4 is 19.6 Å². The molecule has 1 aromatic heterocycles. The highest BCUT2D eigenvalue weighted by molar-refractivity contribution is 6.02. The lowest BCUT2D eigenvalue weighted by molar-refractivity contribution is -0.0232. The number of carbonyl (C=O) groups is 2. The van der Waals surface area contributed by atoms with Crippen LogP contribution in [0.2, 0.25) is 0 Å². The fraction of sp³-hybridized carbons (Fsp3) is 0.514. The van der Waals surface area contributed by atoms with E-state index in [0.29, 0.717) is 86.0 Å². The first-order valence-corrected chi connectivity index (χ1v) is 15.9. The number of benzene rings is 2. The van der Waals surface area contributed by atoms with Crippen molar-refractivity contribution in [3.63, 3.8) is 0 Å². The van der Waals surface area contributed by atoms with E-state index in [1.165, 1.54) is 6.26 Å². The highest BCUT2D eigenvalue weighted by Gasteiger charge is 2.44. The molecule has 48 heavy (non-hydrogen) atoms. The molecule has 1 spiro atoms. The number of nitrogens with zero attached hydrogens (tertiary/aromatic N) is 1. The van der Waals surface area contributed by atoms with E-state index in [0.717, 1.165) is 0 Å². The third kappa shape index (κ3) is 8.45. The number of fused-ring (bicyclic) bond motifs is 2. The third-order valence-corrected chi connectivity index (χ3v) is 8.02. The summed E-state index contributed by atoms with van der Waals surface area (Å²) < 4.78 is 50.4. The number of ether oxygens (including phenoxy) is 8. The molecular formula is C35H43NO12. The zero-order valence-electron chi connectivity index (χ0n) is 28.1. The van der Waals surface area contributed by atoms with Gasteiger partial charge in [-0.05, 0) is 39.0 Å². The fourth-order valence-corrected chi connectivity index (χ4v) is 5.55. The van der Waals surface area contributed by atoms with E-state index in [-0.39, 0.29) is 42.5 Å². The molecule has 0 unspecified atom stereocenters. The van der Waals surface area contributed by atoms with E-state index in [4.69, 9.17) is 42.3 Å². The van der Waals surface area contributed by atoms with Gasteiger partial charge in [0.15, 0.2) is 19.4 Å². The Kier molecular flexibility index (Phi) is 11.3. The monoisotopic (exact) mass is 669 g/mol. The van der Waals surface area contributed by atoms with Gasteiger partial charge in [0.1, 0.15) is 40.3 Å². The number of ketones is 1. The van der Waals surface area contributed by atoms with Crippen LogP contribution in [0.1, 0.15) is 50.4 Å². The molecule has 0 aliphatic carbocycles. The van der Waals surface area contributed by atoms with Gasteiger partial charge < -0.3 is 47.2 Å². The molecule has 0 radical (unpaired) electrons. The number of likely N-dealkylation sites (tertiary alicyclic amines) is 1. The second kappa shape index (κ2) is 15.4. The van der Waals surface area contributed by atoms with Gasteiger partial charge in [-0.25, -0.2) is 4.79 Å². The Bertz CT molecular complexity index is 1650. The Morgan fingerprint density at radius 3 is 2.23 bits per heavy atom. The second-order valence-electron chi connectivity index (χ2n) is 12.7. The molecule has 0 bridgehead atoms. The first kappa shape index (κ1) is 35.1. The molecule has 5 rings (SSSR count). The van der Waals surface area contributed by atoms with Crippen molar-refractivity contribution in [2.45, 2.75) is 51.2 Å². The van der Waals surface area contributed by atoms with Crippen LogP contribution in [0.5, 0.6) is 17.2 Å². The maximum Gasteiger partial charge on any atom is 0.410 e. The summed E-state index contributed by atoms with van der Waals surface area (Å²) in [5, 5.41) is 0.318. The lowest BCUT2D eigenvalue weighted by atomic mass is 9.82. The van der Waals surface area contributed by atoms with Gasteiger partial charge in [-0.15, -0.1) is 0 Å². The molecule has 0 N–H and O–H groups in total. The van der Waals surface area contributed by atoms with E-state index in [9.17, 15) is 14.4 Å². The number of Topliss-reactive ketones (excluding diaryl/α,β-unsaturated/α-hetero) is 1. The van der Waals surface area contributed by atoms with Crippen LogP contribution in [0.15, 0.2) is 45.8 Å². The van der Waals surface area contributed by atoms with Gasteiger partial charge in [0.05, 0.1) is 49.4 Å². The Hall–Kier alpha value is -4.17. The molecule has 3 aromatic rings. The normalized spacial score (nSPS) is 15.7. The number of methoxy groups -OCH3 is 2. The Morgan fingerprint density at radius 2 is 1.56 bits per heavy atom. The molecule has 260 valence electrons. The minimum atomic E-state index is -0.785. The SMILES string of the molecule is COCCOCOc1ccc2c(=O)c(-c3cc4c(cc3OCOCCOC)OC3(CCN(C(=O)OC(C)(C)C)CC3)CC4=O)coc2c1. The summed E-state index contributed by atoms with van der Waals surface area (Å²) in [6.07, 6.45) is 1.99. The molecule has 13 heteroatoms. The zero-order valence-corrected chi connectivity index (χ0v) is 28.1. The predicted molar refractivity (Wildman–Crippen MR) is 174 cm³/mol. The molecule has 3 heterocycles. The van der Waals surface area contributed by atoms with Crippen molar-refractivity contribution in [2.24, 2.45) is 0 Å². The molecule has 1 amide bonds. The van der Waals surface area contributed by atoms with Crippen LogP contribution in [0.3, 0.4) is 0 Å². The number of hydrogen-bond donors (Lipinski definition) is 0. The first-order chi connectivity index (χ1) is 23.0. The molecule has 2 aromatic carbocycles. The highest BCUT2D eigenvalue weighted by atomic mass is 16.7. The van der Waals surface area contributed by atoms with Gasteiger partial charge in [-0.3, -0.25) is 9.59 Å². The molecular weight excluding hydrogens is 626 g/mol. The van der Waals surface area contributed by atoms with Crippen LogP contribution in [0.25, 0.3) is 22.1 Å². The summed E-state index contributed by atoms with van der Waals surface area (Å²) in [6.45, 7) is 7.62. The van der Waals surface area contributed by atoms with Crippen LogP contribution >= 0.6 is 0 Å². The van der Waals surface area contributed by atoms with Crippen LogP contribution in [-0.2, 0) is 23.7 Å². The molecule has 2 aliphatic heterocycles.